The first kappa shape index (κ1) is 14.5. The number of rotatable bonds is 3. The molecule has 2 rings (SSSR count). The van der Waals surface area contributed by atoms with Crippen LogP contribution in [0.1, 0.15) is 38.5 Å². The summed E-state index contributed by atoms with van der Waals surface area (Å²) in [4.78, 5) is 21.0. The van der Waals surface area contributed by atoms with Crippen molar-refractivity contribution >= 4 is 12.1 Å². The molecule has 2 aliphatic rings. The van der Waals surface area contributed by atoms with E-state index in [2.05, 4.69) is 16.9 Å². The van der Waals surface area contributed by atoms with E-state index >= 15 is 0 Å². The van der Waals surface area contributed by atoms with Crippen molar-refractivity contribution in [2.45, 2.75) is 50.6 Å². The Morgan fingerprint density at radius 1 is 1.26 bits per heavy atom. The van der Waals surface area contributed by atoms with Gasteiger partial charge in [0.2, 0.25) is 5.91 Å². The topological polar surface area (TPSA) is 35.9 Å². The minimum absolute atomic E-state index is 0.103. The molecule has 3 atom stereocenters. The lowest BCUT2D eigenvalue weighted by Gasteiger charge is -2.38. The molecule has 1 aliphatic carbocycles. The molecule has 4 heteroatoms. The van der Waals surface area contributed by atoms with Crippen LogP contribution < -0.4 is 0 Å². The van der Waals surface area contributed by atoms with Gasteiger partial charge in [0.25, 0.3) is 0 Å². The lowest BCUT2D eigenvalue weighted by atomic mass is 9.84. The molecule has 1 aliphatic heterocycles. The number of amides is 1. The second-order valence-electron chi connectivity index (χ2n) is 6.01. The van der Waals surface area contributed by atoms with Gasteiger partial charge in [-0.05, 0) is 39.3 Å². The van der Waals surface area contributed by atoms with Crippen LogP contribution in [0, 0.1) is 5.92 Å². The predicted octanol–water partition coefficient (Wildman–Crippen LogP) is 1.80. The van der Waals surface area contributed by atoms with Gasteiger partial charge in [-0.2, -0.15) is 0 Å². The third kappa shape index (κ3) is 3.16. The zero-order valence-electron chi connectivity index (χ0n) is 12.5. The Kier molecular flexibility index (Phi) is 4.97. The maximum Gasteiger partial charge on any atom is 0.239 e. The molecular weight excluding hydrogens is 238 g/mol. The minimum atomic E-state index is 0.103. The van der Waals surface area contributed by atoms with Gasteiger partial charge in [0.15, 0.2) is 0 Å². The SMILES string of the molecule is C/N=C/C1CCCC[C@@H]1N(C)C(=O)[C@@H]1CCCN1C. The average Bonchev–Trinajstić information content (AvgIpc) is 2.84. The van der Waals surface area contributed by atoms with E-state index in [9.17, 15) is 4.79 Å². The summed E-state index contributed by atoms with van der Waals surface area (Å²) in [5, 5.41) is 0. The van der Waals surface area contributed by atoms with Crippen molar-refractivity contribution in [1.29, 1.82) is 0 Å². The lowest BCUT2D eigenvalue weighted by Crippen LogP contribution is -2.50. The summed E-state index contributed by atoms with van der Waals surface area (Å²) in [5.41, 5.74) is 0. The molecule has 1 unspecified atom stereocenters. The van der Waals surface area contributed by atoms with E-state index in [1.807, 2.05) is 25.2 Å². The number of carbonyl (C=O) groups excluding carboxylic acids is 1. The van der Waals surface area contributed by atoms with Crippen LogP contribution in [0.15, 0.2) is 4.99 Å². The quantitative estimate of drug-likeness (QED) is 0.730. The van der Waals surface area contributed by atoms with Crippen molar-refractivity contribution < 1.29 is 4.79 Å². The highest BCUT2D eigenvalue weighted by Crippen LogP contribution is 2.28. The fourth-order valence-electron chi connectivity index (χ4n) is 3.61. The molecule has 4 nitrogen and oxygen atoms in total. The van der Waals surface area contributed by atoms with Crippen LogP contribution in [0.4, 0.5) is 0 Å². The molecule has 0 radical (unpaired) electrons. The maximum absolute atomic E-state index is 12.6. The van der Waals surface area contributed by atoms with E-state index in [1.165, 1.54) is 19.3 Å². The molecule has 1 saturated carbocycles. The van der Waals surface area contributed by atoms with Gasteiger partial charge < -0.3 is 9.89 Å². The second kappa shape index (κ2) is 6.51. The van der Waals surface area contributed by atoms with Crippen LogP contribution in [-0.2, 0) is 4.79 Å². The van der Waals surface area contributed by atoms with Gasteiger partial charge in [-0.15, -0.1) is 0 Å². The van der Waals surface area contributed by atoms with Gasteiger partial charge in [-0.3, -0.25) is 9.69 Å². The number of hydrogen-bond donors (Lipinski definition) is 0. The lowest BCUT2D eigenvalue weighted by molar-refractivity contribution is -0.137. The second-order valence-corrected chi connectivity index (χ2v) is 6.01. The highest BCUT2D eigenvalue weighted by molar-refractivity contribution is 5.82. The van der Waals surface area contributed by atoms with E-state index in [0.717, 1.165) is 25.8 Å². The zero-order valence-corrected chi connectivity index (χ0v) is 12.5. The molecule has 0 N–H and O–H groups in total. The molecule has 1 heterocycles. The molecular formula is C15H27N3O. The van der Waals surface area contributed by atoms with Crippen molar-refractivity contribution in [3.05, 3.63) is 0 Å². The van der Waals surface area contributed by atoms with Crippen molar-refractivity contribution in [3.63, 3.8) is 0 Å². The normalized spacial score (nSPS) is 32.9. The number of hydrogen-bond acceptors (Lipinski definition) is 3. The van der Waals surface area contributed by atoms with Crippen LogP contribution >= 0.6 is 0 Å². The van der Waals surface area contributed by atoms with Gasteiger partial charge in [-0.25, -0.2) is 0 Å². The Hall–Kier alpha value is -0.900. The minimum Gasteiger partial charge on any atom is -0.341 e. The summed E-state index contributed by atoms with van der Waals surface area (Å²) in [5.74, 6) is 0.751. The smallest absolute Gasteiger partial charge is 0.239 e. The molecule has 0 aromatic heterocycles. The van der Waals surface area contributed by atoms with E-state index in [0.29, 0.717) is 17.9 Å². The Labute approximate surface area is 116 Å². The molecule has 0 bridgehead atoms. The number of likely N-dealkylation sites (N-methyl/N-ethyl adjacent to an activating group) is 2. The first-order valence-electron chi connectivity index (χ1n) is 7.54. The third-order valence-corrected chi connectivity index (χ3v) is 4.77. The van der Waals surface area contributed by atoms with E-state index < -0.39 is 0 Å². The Morgan fingerprint density at radius 3 is 2.63 bits per heavy atom. The number of carbonyl (C=O) groups is 1. The largest absolute Gasteiger partial charge is 0.341 e. The summed E-state index contributed by atoms with van der Waals surface area (Å²) in [6, 6.07) is 0.449. The summed E-state index contributed by atoms with van der Waals surface area (Å²) >= 11 is 0. The van der Waals surface area contributed by atoms with Crippen LogP contribution in [0.3, 0.4) is 0 Å². The van der Waals surface area contributed by atoms with E-state index in [4.69, 9.17) is 0 Å². The fourth-order valence-corrected chi connectivity index (χ4v) is 3.61. The standard InChI is InChI=1S/C15H27N3O/c1-16-11-12-7-4-5-8-13(12)18(3)15(19)14-9-6-10-17(14)2/h11-14H,4-10H2,1-3H3/b16-11+/t12?,13-,14-/m0/s1. The Morgan fingerprint density at radius 2 is 2.00 bits per heavy atom. The van der Waals surface area contributed by atoms with Gasteiger partial charge in [0.1, 0.15) is 0 Å². The molecule has 0 aromatic carbocycles. The van der Waals surface area contributed by atoms with Crippen LogP contribution in [-0.4, -0.2) is 61.7 Å². The molecule has 19 heavy (non-hydrogen) atoms. The van der Waals surface area contributed by atoms with Gasteiger partial charge in [0.05, 0.1) is 6.04 Å². The van der Waals surface area contributed by atoms with Crippen molar-refractivity contribution in [3.8, 4) is 0 Å². The summed E-state index contributed by atoms with van der Waals surface area (Å²) in [6.07, 6.45) is 8.99. The molecule has 0 aromatic rings. The van der Waals surface area contributed by atoms with Crippen molar-refractivity contribution in [2.75, 3.05) is 27.7 Å². The van der Waals surface area contributed by atoms with Crippen molar-refractivity contribution in [1.82, 2.24) is 9.80 Å². The molecule has 1 amide bonds. The predicted molar refractivity (Wildman–Crippen MR) is 78.6 cm³/mol. The maximum atomic E-state index is 12.6. The number of nitrogens with zero attached hydrogens (tertiary/aromatic N) is 3. The summed E-state index contributed by atoms with van der Waals surface area (Å²) in [6.45, 7) is 1.05. The molecule has 0 spiro atoms. The highest BCUT2D eigenvalue weighted by atomic mass is 16.2. The molecule has 1 saturated heterocycles. The van der Waals surface area contributed by atoms with E-state index in [1.54, 1.807) is 0 Å². The average molecular weight is 265 g/mol. The number of likely N-dealkylation sites (tertiary alicyclic amines) is 1. The highest BCUT2D eigenvalue weighted by Gasteiger charge is 2.35. The van der Waals surface area contributed by atoms with E-state index in [-0.39, 0.29) is 6.04 Å². The third-order valence-electron chi connectivity index (χ3n) is 4.77. The number of aliphatic imine (C=N–C) groups is 1. The first-order valence-corrected chi connectivity index (χ1v) is 7.54. The monoisotopic (exact) mass is 265 g/mol. The zero-order chi connectivity index (χ0) is 13.8. The van der Waals surface area contributed by atoms with Gasteiger partial charge in [-0.1, -0.05) is 12.8 Å². The Bertz CT molecular complexity index is 342. The van der Waals surface area contributed by atoms with Crippen LogP contribution in [0.2, 0.25) is 0 Å². The first-order chi connectivity index (χ1) is 9.15. The molecule has 2 fully saturated rings. The van der Waals surface area contributed by atoms with Gasteiger partial charge in [0, 0.05) is 32.3 Å². The van der Waals surface area contributed by atoms with Gasteiger partial charge >= 0.3 is 0 Å². The van der Waals surface area contributed by atoms with Crippen LogP contribution in [0.25, 0.3) is 0 Å². The summed E-state index contributed by atoms with van der Waals surface area (Å²) < 4.78 is 0. The van der Waals surface area contributed by atoms with Crippen molar-refractivity contribution in [2.24, 2.45) is 10.9 Å². The summed E-state index contributed by atoms with van der Waals surface area (Å²) in [7, 11) is 5.88. The molecule has 108 valence electrons. The fraction of sp³-hybridized carbons (Fsp3) is 0.867. The Balaban J connectivity index is 2.03. The van der Waals surface area contributed by atoms with Crippen LogP contribution in [0.5, 0.6) is 0 Å².